The fraction of sp³-hybridized carbons (Fsp3) is 0.571. The van der Waals surface area contributed by atoms with Crippen molar-refractivity contribution in [3.8, 4) is 5.75 Å². The van der Waals surface area contributed by atoms with E-state index in [1.807, 2.05) is 18.2 Å². The number of fused-ring (bicyclic) bond motifs is 1. The molecule has 2 N–H and O–H groups in total. The highest BCUT2D eigenvalue weighted by Crippen LogP contribution is 2.37. The fourth-order valence-electron chi connectivity index (χ4n) is 2.26. The zero-order valence-corrected chi connectivity index (χ0v) is 11.7. The Morgan fingerprint density at radius 1 is 1.39 bits per heavy atom. The fourth-order valence-corrected chi connectivity index (χ4v) is 2.26. The first-order valence-corrected chi connectivity index (χ1v) is 6.36. The van der Waals surface area contributed by atoms with E-state index in [0.29, 0.717) is 0 Å². The Bertz CT molecular complexity index is 429. The van der Waals surface area contributed by atoms with Crippen LogP contribution in [0.15, 0.2) is 18.2 Å². The molecule has 0 aromatic heterocycles. The number of anilines is 2. The van der Waals surface area contributed by atoms with Crippen molar-refractivity contribution >= 4 is 11.4 Å². The first-order chi connectivity index (χ1) is 8.37. The summed E-state index contributed by atoms with van der Waals surface area (Å²) in [4.78, 5) is 4.55. The monoisotopic (exact) mass is 249 g/mol. The van der Waals surface area contributed by atoms with Gasteiger partial charge in [-0.3, -0.25) is 0 Å². The lowest BCUT2D eigenvalue weighted by Gasteiger charge is -2.41. The van der Waals surface area contributed by atoms with Crippen molar-refractivity contribution in [1.29, 1.82) is 0 Å². The maximum Gasteiger partial charge on any atom is 0.143 e. The van der Waals surface area contributed by atoms with Crippen molar-refractivity contribution in [3.63, 3.8) is 0 Å². The Kier molecular flexibility index (Phi) is 3.39. The van der Waals surface area contributed by atoms with Crippen LogP contribution >= 0.6 is 0 Å². The van der Waals surface area contributed by atoms with Crippen molar-refractivity contribution in [3.05, 3.63) is 18.2 Å². The molecule has 2 rings (SSSR count). The molecule has 1 aliphatic heterocycles. The zero-order chi connectivity index (χ0) is 13.3. The quantitative estimate of drug-likeness (QED) is 0.830. The van der Waals surface area contributed by atoms with E-state index in [2.05, 4.69) is 37.7 Å². The summed E-state index contributed by atoms with van der Waals surface area (Å²) >= 11 is 0. The van der Waals surface area contributed by atoms with E-state index in [-0.39, 0.29) is 5.60 Å². The molecule has 0 bridgehead atoms. The smallest absolute Gasteiger partial charge is 0.143 e. The number of nitrogens with two attached hydrogens (primary N) is 1. The first kappa shape index (κ1) is 13.0. The predicted molar refractivity (Wildman–Crippen MR) is 76.3 cm³/mol. The summed E-state index contributed by atoms with van der Waals surface area (Å²) in [6.45, 7) is 7.13. The standard InChI is InChI=1S/C14H23N3O/c1-14(2)10-17(8-7-16(3)4)12-9-11(15)5-6-13(12)18-14/h5-6,9H,7-8,10,15H2,1-4H3. The molecule has 4 heteroatoms. The van der Waals surface area contributed by atoms with Crippen molar-refractivity contribution < 1.29 is 4.74 Å². The molecule has 100 valence electrons. The average Bonchev–Trinajstić information content (AvgIpc) is 2.26. The maximum absolute atomic E-state index is 6.00. The first-order valence-electron chi connectivity index (χ1n) is 6.36. The van der Waals surface area contributed by atoms with E-state index >= 15 is 0 Å². The molecule has 4 nitrogen and oxygen atoms in total. The van der Waals surface area contributed by atoms with Gasteiger partial charge in [0.15, 0.2) is 0 Å². The molecule has 1 aromatic rings. The molecule has 0 saturated carbocycles. The second kappa shape index (κ2) is 4.69. The molecule has 0 amide bonds. The minimum atomic E-state index is -0.157. The number of nitrogen functional groups attached to an aromatic ring is 1. The zero-order valence-electron chi connectivity index (χ0n) is 11.7. The second-order valence-electron chi connectivity index (χ2n) is 5.81. The van der Waals surface area contributed by atoms with Crippen molar-refractivity contribution in [2.75, 3.05) is 44.4 Å². The molecular formula is C14H23N3O. The topological polar surface area (TPSA) is 41.7 Å². The lowest BCUT2D eigenvalue weighted by atomic mass is 10.0. The average molecular weight is 249 g/mol. The van der Waals surface area contributed by atoms with Crippen LogP contribution in [0.5, 0.6) is 5.75 Å². The molecule has 0 fully saturated rings. The van der Waals surface area contributed by atoms with Gasteiger partial charge in [0.25, 0.3) is 0 Å². The largest absolute Gasteiger partial charge is 0.484 e. The maximum atomic E-state index is 6.00. The highest BCUT2D eigenvalue weighted by molar-refractivity contribution is 5.66. The van der Waals surface area contributed by atoms with Gasteiger partial charge in [-0.1, -0.05) is 0 Å². The summed E-state index contributed by atoms with van der Waals surface area (Å²) in [6.07, 6.45) is 0. The predicted octanol–water partition coefficient (Wildman–Crippen LogP) is 1.81. The molecule has 0 unspecified atom stereocenters. The molecule has 0 atom stereocenters. The van der Waals surface area contributed by atoms with Gasteiger partial charge in [0.05, 0.1) is 12.2 Å². The van der Waals surface area contributed by atoms with E-state index in [9.17, 15) is 0 Å². The lowest BCUT2D eigenvalue weighted by Crippen LogP contribution is -2.48. The van der Waals surface area contributed by atoms with Crippen LogP contribution in [-0.2, 0) is 0 Å². The third kappa shape index (κ3) is 2.88. The van der Waals surface area contributed by atoms with Gasteiger partial charge in [-0.15, -0.1) is 0 Å². The number of benzene rings is 1. The van der Waals surface area contributed by atoms with Crippen LogP contribution in [0.4, 0.5) is 11.4 Å². The third-order valence-electron chi connectivity index (χ3n) is 3.10. The SMILES string of the molecule is CN(C)CCN1CC(C)(C)Oc2ccc(N)cc21. The lowest BCUT2D eigenvalue weighted by molar-refractivity contribution is 0.104. The van der Waals surface area contributed by atoms with Gasteiger partial charge in [-0.25, -0.2) is 0 Å². The summed E-state index contributed by atoms with van der Waals surface area (Å²) in [6, 6.07) is 5.86. The summed E-state index contributed by atoms with van der Waals surface area (Å²) in [7, 11) is 4.18. The molecule has 18 heavy (non-hydrogen) atoms. The second-order valence-corrected chi connectivity index (χ2v) is 5.81. The molecule has 0 aliphatic carbocycles. The van der Waals surface area contributed by atoms with E-state index in [0.717, 1.165) is 36.8 Å². The number of likely N-dealkylation sites (N-methyl/N-ethyl adjacent to an activating group) is 1. The summed E-state index contributed by atoms with van der Waals surface area (Å²) in [5.74, 6) is 0.930. The van der Waals surface area contributed by atoms with Crippen LogP contribution in [0.3, 0.4) is 0 Å². The Morgan fingerprint density at radius 3 is 2.78 bits per heavy atom. The van der Waals surface area contributed by atoms with Gasteiger partial charge in [-0.2, -0.15) is 0 Å². The number of ether oxygens (including phenoxy) is 1. The molecule has 1 aliphatic rings. The van der Waals surface area contributed by atoms with Crippen LogP contribution < -0.4 is 15.4 Å². The Morgan fingerprint density at radius 2 is 2.11 bits per heavy atom. The number of rotatable bonds is 3. The van der Waals surface area contributed by atoms with Gasteiger partial charge in [0, 0.05) is 18.8 Å². The van der Waals surface area contributed by atoms with E-state index in [4.69, 9.17) is 10.5 Å². The van der Waals surface area contributed by atoms with Crippen LogP contribution in [0.1, 0.15) is 13.8 Å². The van der Waals surface area contributed by atoms with Crippen LogP contribution in [0.2, 0.25) is 0 Å². The minimum absolute atomic E-state index is 0.157. The third-order valence-corrected chi connectivity index (χ3v) is 3.10. The van der Waals surface area contributed by atoms with Crippen LogP contribution in [0, 0.1) is 0 Å². The van der Waals surface area contributed by atoms with E-state index in [1.165, 1.54) is 0 Å². The van der Waals surface area contributed by atoms with Gasteiger partial charge in [0.2, 0.25) is 0 Å². The van der Waals surface area contributed by atoms with E-state index in [1.54, 1.807) is 0 Å². The van der Waals surface area contributed by atoms with Gasteiger partial charge < -0.3 is 20.3 Å². The highest BCUT2D eigenvalue weighted by Gasteiger charge is 2.31. The number of hydrogen-bond donors (Lipinski definition) is 1. The van der Waals surface area contributed by atoms with Gasteiger partial charge in [-0.05, 0) is 46.1 Å². The minimum Gasteiger partial charge on any atom is -0.484 e. The summed E-state index contributed by atoms with van der Waals surface area (Å²) in [5.41, 5.74) is 7.61. The number of nitrogens with zero attached hydrogens (tertiary/aromatic N) is 2. The molecule has 1 aromatic carbocycles. The highest BCUT2D eigenvalue weighted by atomic mass is 16.5. The van der Waals surface area contributed by atoms with Crippen LogP contribution in [-0.4, -0.2) is 44.2 Å². The van der Waals surface area contributed by atoms with Crippen molar-refractivity contribution in [2.24, 2.45) is 0 Å². The Hall–Kier alpha value is -1.42. The van der Waals surface area contributed by atoms with Crippen LogP contribution in [0.25, 0.3) is 0 Å². The van der Waals surface area contributed by atoms with Crippen molar-refractivity contribution in [2.45, 2.75) is 19.4 Å². The Labute approximate surface area is 109 Å². The summed E-state index contributed by atoms with van der Waals surface area (Å²) < 4.78 is 6.00. The summed E-state index contributed by atoms with van der Waals surface area (Å²) in [5, 5.41) is 0. The molecule has 0 saturated heterocycles. The molecule has 1 heterocycles. The Balaban J connectivity index is 2.26. The van der Waals surface area contributed by atoms with Crippen molar-refractivity contribution in [1.82, 2.24) is 4.90 Å². The molecule has 0 spiro atoms. The van der Waals surface area contributed by atoms with Gasteiger partial charge in [0.1, 0.15) is 11.4 Å². The van der Waals surface area contributed by atoms with E-state index < -0.39 is 0 Å². The number of hydrogen-bond acceptors (Lipinski definition) is 4. The van der Waals surface area contributed by atoms with Gasteiger partial charge >= 0.3 is 0 Å². The molecular weight excluding hydrogens is 226 g/mol. The molecule has 0 radical (unpaired) electrons. The normalized spacial score (nSPS) is 17.5.